The van der Waals surface area contributed by atoms with Gasteiger partial charge in [-0.25, -0.2) is 0 Å². The molecule has 1 amide bonds. The highest BCUT2D eigenvalue weighted by Gasteiger charge is 2.31. The van der Waals surface area contributed by atoms with Gasteiger partial charge in [0.1, 0.15) is 11.5 Å². The van der Waals surface area contributed by atoms with E-state index in [9.17, 15) is 18.0 Å². The van der Waals surface area contributed by atoms with E-state index in [1.807, 2.05) is 29.2 Å². The van der Waals surface area contributed by atoms with Crippen LogP contribution in [0.4, 0.5) is 13.2 Å². The Morgan fingerprint density at radius 2 is 1.47 bits per heavy atom. The number of amides is 1. The molecule has 162 valence electrons. The number of carbonyl (C=O) groups excluding carboxylic acids is 1. The molecule has 30 heavy (non-hydrogen) atoms. The Balaban J connectivity index is 1.41. The van der Waals surface area contributed by atoms with E-state index in [1.54, 1.807) is 19.2 Å². The van der Waals surface area contributed by atoms with Gasteiger partial charge in [-0.05, 0) is 41.8 Å². The quantitative estimate of drug-likeness (QED) is 0.680. The highest BCUT2D eigenvalue weighted by atomic mass is 19.4. The average molecular weight is 422 g/mol. The van der Waals surface area contributed by atoms with Gasteiger partial charge in [-0.1, -0.05) is 24.3 Å². The number of methoxy groups -OCH3 is 1. The molecule has 1 fully saturated rings. The van der Waals surface area contributed by atoms with Crippen LogP contribution >= 0.6 is 0 Å². The summed E-state index contributed by atoms with van der Waals surface area (Å²) >= 11 is 0. The lowest BCUT2D eigenvalue weighted by Gasteiger charge is -2.35. The number of rotatable bonds is 7. The van der Waals surface area contributed by atoms with E-state index < -0.39 is 6.36 Å². The van der Waals surface area contributed by atoms with Crippen LogP contribution in [0.3, 0.4) is 0 Å². The van der Waals surface area contributed by atoms with Gasteiger partial charge >= 0.3 is 6.36 Å². The highest BCUT2D eigenvalue weighted by molar-refractivity contribution is 5.76. The summed E-state index contributed by atoms with van der Waals surface area (Å²) in [6, 6.07) is 13.6. The largest absolute Gasteiger partial charge is 0.573 e. The summed E-state index contributed by atoms with van der Waals surface area (Å²) < 4.78 is 45.7. The van der Waals surface area contributed by atoms with Gasteiger partial charge in [0.25, 0.3) is 0 Å². The number of alkyl halides is 3. The molecular formula is C22H25F3N2O3. The molecule has 1 saturated heterocycles. The zero-order valence-corrected chi connectivity index (χ0v) is 16.8. The van der Waals surface area contributed by atoms with Gasteiger partial charge in [0, 0.05) is 39.1 Å². The predicted octanol–water partition coefficient (Wildman–Crippen LogP) is 3.87. The lowest BCUT2D eigenvalue weighted by molar-refractivity contribution is -0.274. The Kier molecular flexibility index (Phi) is 7.20. The van der Waals surface area contributed by atoms with Crippen molar-refractivity contribution in [1.82, 2.24) is 9.80 Å². The summed E-state index contributed by atoms with van der Waals surface area (Å²) in [7, 11) is 1.62. The number of carbonyl (C=O) groups is 1. The molecule has 0 unspecified atom stereocenters. The summed E-state index contributed by atoms with van der Waals surface area (Å²) in [5.74, 6) is 0.710. The number of aryl methyl sites for hydroxylation is 1. The maximum atomic E-state index is 12.5. The normalized spacial score (nSPS) is 15.1. The molecule has 0 N–H and O–H groups in total. The minimum absolute atomic E-state index is 0.138. The summed E-state index contributed by atoms with van der Waals surface area (Å²) in [6.07, 6.45) is -3.53. The zero-order chi connectivity index (χ0) is 21.6. The molecule has 0 saturated carbocycles. The topological polar surface area (TPSA) is 42.0 Å². The summed E-state index contributed by atoms with van der Waals surface area (Å²) in [6.45, 7) is 3.39. The van der Waals surface area contributed by atoms with E-state index in [4.69, 9.17) is 4.74 Å². The van der Waals surface area contributed by atoms with Crippen molar-refractivity contribution in [2.75, 3.05) is 33.3 Å². The third-order valence-corrected chi connectivity index (χ3v) is 5.07. The highest BCUT2D eigenvalue weighted by Crippen LogP contribution is 2.23. The lowest BCUT2D eigenvalue weighted by Crippen LogP contribution is -2.48. The van der Waals surface area contributed by atoms with E-state index in [1.165, 1.54) is 12.1 Å². The van der Waals surface area contributed by atoms with Crippen LogP contribution < -0.4 is 9.47 Å². The van der Waals surface area contributed by atoms with Crippen LogP contribution in [0.1, 0.15) is 17.5 Å². The lowest BCUT2D eigenvalue weighted by atomic mass is 10.1. The molecular weight excluding hydrogens is 397 g/mol. The van der Waals surface area contributed by atoms with Crippen LogP contribution in [0.15, 0.2) is 48.5 Å². The third kappa shape index (κ3) is 6.66. The number of piperazine rings is 1. The van der Waals surface area contributed by atoms with Crippen molar-refractivity contribution in [2.45, 2.75) is 25.7 Å². The molecule has 1 aliphatic rings. The first-order valence-corrected chi connectivity index (χ1v) is 9.80. The number of nitrogens with zero attached hydrogens (tertiary/aromatic N) is 2. The van der Waals surface area contributed by atoms with Crippen molar-refractivity contribution in [2.24, 2.45) is 0 Å². The number of hydrogen-bond donors (Lipinski definition) is 0. The predicted molar refractivity (Wildman–Crippen MR) is 106 cm³/mol. The van der Waals surface area contributed by atoms with Crippen LogP contribution in [0.2, 0.25) is 0 Å². The smallest absolute Gasteiger partial charge is 0.497 e. The van der Waals surface area contributed by atoms with E-state index in [-0.39, 0.29) is 11.7 Å². The first-order valence-electron chi connectivity index (χ1n) is 9.80. The van der Waals surface area contributed by atoms with E-state index in [0.717, 1.165) is 30.0 Å². The monoisotopic (exact) mass is 422 g/mol. The summed E-state index contributed by atoms with van der Waals surface area (Å²) in [5.41, 5.74) is 2.00. The van der Waals surface area contributed by atoms with Crippen LogP contribution in [-0.4, -0.2) is 55.4 Å². The molecule has 0 atom stereocenters. The van der Waals surface area contributed by atoms with Gasteiger partial charge < -0.3 is 14.4 Å². The van der Waals surface area contributed by atoms with Crippen LogP contribution in [0, 0.1) is 0 Å². The third-order valence-electron chi connectivity index (χ3n) is 5.07. The summed E-state index contributed by atoms with van der Waals surface area (Å²) in [5, 5.41) is 0. The van der Waals surface area contributed by atoms with Crippen molar-refractivity contribution in [1.29, 1.82) is 0 Å². The minimum Gasteiger partial charge on any atom is -0.497 e. The second kappa shape index (κ2) is 9.84. The maximum absolute atomic E-state index is 12.5. The van der Waals surface area contributed by atoms with Gasteiger partial charge in [-0.15, -0.1) is 13.2 Å². The van der Waals surface area contributed by atoms with Crippen LogP contribution in [0.25, 0.3) is 0 Å². The molecule has 1 heterocycles. The Morgan fingerprint density at radius 1 is 0.900 bits per heavy atom. The zero-order valence-electron chi connectivity index (χ0n) is 16.8. The average Bonchev–Trinajstić information content (AvgIpc) is 2.73. The van der Waals surface area contributed by atoms with Crippen molar-refractivity contribution in [3.8, 4) is 11.5 Å². The first kappa shape index (κ1) is 22.0. The molecule has 2 aromatic carbocycles. The van der Waals surface area contributed by atoms with Gasteiger partial charge in [-0.2, -0.15) is 0 Å². The fraction of sp³-hybridized carbons (Fsp3) is 0.409. The fourth-order valence-electron chi connectivity index (χ4n) is 3.41. The first-order chi connectivity index (χ1) is 14.3. The summed E-state index contributed by atoms with van der Waals surface area (Å²) in [4.78, 5) is 16.6. The van der Waals surface area contributed by atoms with Crippen LogP contribution in [0.5, 0.6) is 11.5 Å². The maximum Gasteiger partial charge on any atom is 0.573 e. The molecule has 8 heteroatoms. The van der Waals surface area contributed by atoms with Gasteiger partial charge in [0.15, 0.2) is 0 Å². The van der Waals surface area contributed by atoms with E-state index in [0.29, 0.717) is 32.5 Å². The number of halogens is 3. The molecule has 0 aliphatic carbocycles. The molecule has 2 aromatic rings. The Bertz CT molecular complexity index is 815. The standard InChI is InChI=1S/C22H25F3N2O3/c1-29-19-7-2-17(3-8-19)6-11-21(28)27-14-12-26(13-15-27)16-18-4-9-20(10-5-18)30-22(23,24)25/h2-5,7-10H,6,11-16H2,1H3. The number of hydrogen-bond acceptors (Lipinski definition) is 4. The second-order valence-electron chi connectivity index (χ2n) is 7.20. The Labute approximate surface area is 174 Å². The molecule has 0 aromatic heterocycles. The fourth-order valence-corrected chi connectivity index (χ4v) is 3.41. The molecule has 0 bridgehead atoms. The van der Waals surface area contributed by atoms with Gasteiger partial charge in [0.05, 0.1) is 7.11 Å². The Morgan fingerprint density at radius 3 is 2.03 bits per heavy atom. The molecule has 5 nitrogen and oxygen atoms in total. The molecule has 0 spiro atoms. The van der Waals surface area contributed by atoms with Crippen molar-refractivity contribution in [3.05, 3.63) is 59.7 Å². The Hall–Kier alpha value is -2.74. The second-order valence-corrected chi connectivity index (χ2v) is 7.20. The van der Waals surface area contributed by atoms with Gasteiger partial charge in [0.2, 0.25) is 5.91 Å². The molecule has 1 aliphatic heterocycles. The number of benzene rings is 2. The number of ether oxygens (including phenoxy) is 2. The SMILES string of the molecule is COc1ccc(CCC(=O)N2CCN(Cc3ccc(OC(F)(F)F)cc3)CC2)cc1. The van der Waals surface area contributed by atoms with Crippen molar-refractivity contribution < 1.29 is 27.4 Å². The minimum atomic E-state index is -4.68. The van der Waals surface area contributed by atoms with Crippen LogP contribution in [-0.2, 0) is 17.8 Å². The molecule has 3 rings (SSSR count). The van der Waals surface area contributed by atoms with Gasteiger partial charge in [-0.3, -0.25) is 9.69 Å². The molecule has 0 radical (unpaired) electrons. The van der Waals surface area contributed by atoms with Crippen molar-refractivity contribution >= 4 is 5.91 Å². The van der Waals surface area contributed by atoms with Crippen molar-refractivity contribution in [3.63, 3.8) is 0 Å². The van der Waals surface area contributed by atoms with E-state index in [2.05, 4.69) is 9.64 Å². The van der Waals surface area contributed by atoms with E-state index >= 15 is 0 Å².